The summed E-state index contributed by atoms with van der Waals surface area (Å²) in [7, 11) is 0. The summed E-state index contributed by atoms with van der Waals surface area (Å²) in [5, 5.41) is 0. The van der Waals surface area contributed by atoms with E-state index in [-0.39, 0.29) is 29.7 Å². The van der Waals surface area contributed by atoms with Crippen LogP contribution >= 0.6 is 0 Å². The number of aryl methyl sites for hydroxylation is 1. The monoisotopic (exact) mass is 378 g/mol. The SMILES string of the molecule is CC(=O)[C@@H]1[C@H]2C(=O)N(C3CCCCC3)C(=O)[C@@H]2[C@@H]2C=Cc3cc(C)ccc3N12. The van der Waals surface area contributed by atoms with E-state index in [1.165, 1.54) is 6.42 Å². The van der Waals surface area contributed by atoms with E-state index in [1.807, 2.05) is 36.1 Å². The van der Waals surface area contributed by atoms with Crippen molar-refractivity contribution in [1.82, 2.24) is 4.90 Å². The van der Waals surface area contributed by atoms with E-state index in [2.05, 4.69) is 6.07 Å². The molecule has 0 aromatic heterocycles. The number of carbonyl (C=O) groups excluding carboxylic acids is 3. The van der Waals surface area contributed by atoms with Crippen LogP contribution in [0.4, 0.5) is 5.69 Å². The van der Waals surface area contributed by atoms with Gasteiger partial charge >= 0.3 is 0 Å². The molecule has 5 heteroatoms. The molecule has 28 heavy (non-hydrogen) atoms. The third-order valence-corrected chi connectivity index (χ3v) is 7.05. The van der Waals surface area contributed by atoms with Crippen molar-refractivity contribution in [3.63, 3.8) is 0 Å². The van der Waals surface area contributed by atoms with Crippen molar-refractivity contribution >= 4 is 29.4 Å². The Bertz CT molecular complexity index is 899. The molecule has 0 spiro atoms. The number of nitrogens with zero attached hydrogens (tertiary/aromatic N) is 2. The van der Waals surface area contributed by atoms with Gasteiger partial charge in [-0.25, -0.2) is 0 Å². The smallest absolute Gasteiger partial charge is 0.236 e. The van der Waals surface area contributed by atoms with Crippen molar-refractivity contribution in [2.24, 2.45) is 11.8 Å². The summed E-state index contributed by atoms with van der Waals surface area (Å²) in [6.45, 7) is 3.59. The molecule has 146 valence electrons. The van der Waals surface area contributed by atoms with E-state index in [0.29, 0.717) is 0 Å². The Morgan fingerprint density at radius 1 is 1.04 bits per heavy atom. The maximum absolute atomic E-state index is 13.4. The van der Waals surface area contributed by atoms with Gasteiger partial charge in [0.1, 0.15) is 6.04 Å². The molecule has 1 aliphatic carbocycles. The summed E-state index contributed by atoms with van der Waals surface area (Å²) in [5.74, 6) is -1.24. The molecule has 3 heterocycles. The number of imide groups is 1. The number of hydrogen-bond donors (Lipinski definition) is 0. The molecule has 4 atom stereocenters. The van der Waals surface area contributed by atoms with Crippen molar-refractivity contribution in [3.8, 4) is 0 Å². The molecule has 5 nitrogen and oxygen atoms in total. The predicted molar refractivity (Wildman–Crippen MR) is 107 cm³/mol. The van der Waals surface area contributed by atoms with Crippen molar-refractivity contribution in [3.05, 3.63) is 35.4 Å². The summed E-state index contributed by atoms with van der Waals surface area (Å²) >= 11 is 0. The van der Waals surface area contributed by atoms with Gasteiger partial charge in [-0.15, -0.1) is 0 Å². The first-order chi connectivity index (χ1) is 13.5. The topological polar surface area (TPSA) is 57.7 Å². The van der Waals surface area contributed by atoms with Gasteiger partial charge in [-0.3, -0.25) is 19.3 Å². The van der Waals surface area contributed by atoms with E-state index in [1.54, 1.807) is 11.8 Å². The number of hydrogen-bond acceptors (Lipinski definition) is 4. The second-order valence-electron chi connectivity index (χ2n) is 8.76. The zero-order chi connectivity index (χ0) is 19.6. The molecule has 1 saturated carbocycles. The highest BCUT2D eigenvalue weighted by atomic mass is 16.2. The van der Waals surface area contributed by atoms with Crippen LogP contribution in [-0.2, 0) is 14.4 Å². The highest BCUT2D eigenvalue weighted by molar-refractivity contribution is 6.11. The Hall–Kier alpha value is -2.43. The third-order valence-electron chi connectivity index (χ3n) is 7.05. The first-order valence-electron chi connectivity index (χ1n) is 10.4. The van der Waals surface area contributed by atoms with Gasteiger partial charge < -0.3 is 4.90 Å². The highest BCUT2D eigenvalue weighted by Crippen LogP contribution is 2.49. The molecule has 2 saturated heterocycles. The van der Waals surface area contributed by atoms with Crippen molar-refractivity contribution in [2.45, 2.75) is 64.1 Å². The van der Waals surface area contributed by atoms with Gasteiger partial charge in [0.05, 0.1) is 17.9 Å². The van der Waals surface area contributed by atoms with Gasteiger partial charge in [0, 0.05) is 11.7 Å². The number of Topliss-reactive ketones (excluding diaryl/α,β-unsaturated/α-hetero) is 1. The van der Waals surface area contributed by atoms with E-state index in [0.717, 1.165) is 42.5 Å². The lowest BCUT2D eigenvalue weighted by atomic mass is 9.88. The van der Waals surface area contributed by atoms with Crippen LogP contribution in [0.1, 0.15) is 50.2 Å². The molecule has 3 fully saturated rings. The highest BCUT2D eigenvalue weighted by Gasteiger charge is 2.64. The molecule has 0 radical (unpaired) electrons. The molecule has 1 aromatic rings. The average molecular weight is 378 g/mol. The fourth-order valence-electron chi connectivity index (χ4n) is 5.87. The molecular formula is C23H26N2O3. The van der Waals surface area contributed by atoms with Crippen molar-refractivity contribution in [2.75, 3.05) is 4.90 Å². The molecule has 0 unspecified atom stereocenters. The average Bonchev–Trinajstić information content (AvgIpc) is 3.15. The molecular weight excluding hydrogens is 352 g/mol. The van der Waals surface area contributed by atoms with Crippen LogP contribution < -0.4 is 4.90 Å². The zero-order valence-electron chi connectivity index (χ0n) is 16.4. The normalized spacial score (nSPS) is 31.8. The fourth-order valence-corrected chi connectivity index (χ4v) is 5.87. The van der Waals surface area contributed by atoms with Gasteiger partial charge in [0.2, 0.25) is 11.8 Å². The summed E-state index contributed by atoms with van der Waals surface area (Å²) in [6, 6.07) is 5.36. The van der Waals surface area contributed by atoms with E-state index in [4.69, 9.17) is 0 Å². The quantitative estimate of drug-likeness (QED) is 0.742. The first kappa shape index (κ1) is 17.7. The molecule has 2 amide bonds. The fraction of sp³-hybridized carbons (Fsp3) is 0.522. The number of rotatable bonds is 2. The van der Waals surface area contributed by atoms with Crippen LogP contribution in [0, 0.1) is 18.8 Å². The minimum absolute atomic E-state index is 0.0166. The largest absolute Gasteiger partial charge is 0.353 e. The second-order valence-corrected chi connectivity index (χ2v) is 8.76. The lowest BCUT2D eigenvalue weighted by Gasteiger charge is -2.37. The number of amides is 2. The van der Waals surface area contributed by atoms with Crippen molar-refractivity contribution in [1.29, 1.82) is 0 Å². The van der Waals surface area contributed by atoms with E-state index in [9.17, 15) is 14.4 Å². The Morgan fingerprint density at radius 2 is 1.75 bits per heavy atom. The van der Waals surface area contributed by atoms with Crippen LogP contribution in [0.5, 0.6) is 0 Å². The van der Waals surface area contributed by atoms with Crippen LogP contribution in [-0.4, -0.2) is 40.6 Å². The summed E-state index contributed by atoms with van der Waals surface area (Å²) in [6.07, 6.45) is 9.17. The number of ketones is 1. The Labute approximate surface area is 165 Å². The predicted octanol–water partition coefficient (Wildman–Crippen LogP) is 3.10. The number of fused-ring (bicyclic) bond motifs is 5. The second kappa shape index (κ2) is 6.29. The maximum atomic E-state index is 13.4. The molecule has 5 rings (SSSR count). The minimum Gasteiger partial charge on any atom is -0.353 e. The van der Waals surface area contributed by atoms with Crippen molar-refractivity contribution < 1.29 is 14.4 Å². The zero-order valence-corrected chi connectivity index (χ0v) is 16.4. The van der Waals surface area contributed by atoms with E-state index < -0.39 is 17.9 Å². The summed E-state index contributed by atoms with van der Waals surface area (Å²) in [5.41, 5.74) is 3.15. The molecule has 3 aliphatic heterocycles. The Kier molecular flexibility index (Phi) is 3.97. The standard InChI is InChI=1S/C23H26N2O3/c1-13-8-10-17-15(12-13)9-11-18-19-20(21(14(2)26)25(17)18)23(28)24(22(19)27)16-6-4-3-5-7-16/h8-12,16,18-21H,3-7H2,1-2H3/t18-,19+,20-,21+/m0/s1. The first-order valence-corrected chi connectivity index (χ1v) is 10.4. The van der Waals surface area contributed by atoms with Crippen LogP contribution in [0.2, 0.25) is 0 Å². The van der Waals surface area contributed by atoms with Crippen LogP contribution in [0.3, 0.4) is 0 Å². The number of anilines is 1. The van der Waals surface area contributed by atoms with Gasteiger partial charge in [0.15, 0.2) is 5.78 Å². The Morgan fingerprint density at radius 3 is 2.46 bits per heavy atom. The minimum atomic E-state index is -0.563. The van der Waals surface area contributed by atoms with Gasteiger partial charge in [-0.2, -0.15) is 0 Å². The van der Waals surface area contributed by atoms with Gasteiger partial charge in [-0.05, 0) is 44.4 Å². The maximum Gasteiger partial charge on any atom is 0.236 e. The van der Waals surface area contributed by atoms with Crippen LogP contribution in [0.25, 0.3) is 6.08 Å². The Balaban J connectivity index is 1.57. The lowest BCUT2D eigenvalue weighted by molar-refractivity contribution is -0.144. The van der Waals surface area contributed by atoms with Crippen LogP contribution in [0.15, 0.2) is 24.3 Å². The number of carbonyl (C=O) groups is 3. The summed E-state index contributed by atoms with van der Waals surface area (Å²) in [4.78, 5) is 43.1. The summed E-state index contributed by atoms with van der Waals surface area (Å²) < 4.78 is 0. The molecule has 0 N–H and O–H groups in total. The van der Waals surface area contributed by atoms with Gasteiger partial charge in [0.25, 0.3) is 0 Å². The lowest BCUT2D eigenvalue weighted by Crippen LogP contribution is -2.50. The molecule has 0 bridgehead atoms. The third kappa shape index (κ3) is 2.34. The number of likely N-dealkylation sites (tertiary alicyclic amines) is 1. The molecule has 1 aromatic carbocycles. The molecule has 4 aliphatic rings. The van der Waals surface area contributed by atoms with Gasteiger partial charge in [-0.1, -0.05) is 43.0 Å². The number of benzene rings is 1. The van der Waals surface area contributed by atoms with E-state index >= 15 is 0 Å².